The average molecular weight is 313 g/mol. The topological polar surface area (TPSA) is 106 Å². The quantitative estimate of drug-likeness (QED) is 0.657. The normalized spacial score (nSPS) is 18.8. The van der Waals surface area contributed by atoms with Crippen molar-refractivity contribution in [1.82, 2.24) is 10.3 Å². The monoisotopic (exact) mass is 313 g/mol. The number of nitrogen functional groups attached to an aromatic ring is 1. The molecule has 1 aliphatic heterocycles. The highest BCUT2D eigenvalue weighted by Gasteiger charge is 2.23. The molecule has 1 aromatic rings. The number of hydrogen-bond donors (Lipinski definition) is 3. The van der Waals surface area contributed by atoms with Crippen LogP contribution in [0, 0.1) is 0 Å². The van der Waals surface area contributed by atoms with E-state index in [0.29, 0.717) is 24.6 Å². The molecule has 0 aromatic carbocycles. The van der Waals surface area contributed by atoms with Crippen LogP contribution in [0.25, 0.3) is 0 Å². The second kappa shape index (κ2) is 7.58. The Bertz CT molecular complexity index is 479. The van der Waals surface area contributed by atoms with Crippen LogP contribution in [0.2, 0.25) is 0 Å². The molecule has 1 saturated heterocycles. The predicted octanol–water partition coefficient (Wildman–Crippen LogP) is 0.419. The number of nitrogens with two attached hydrogens (primary N) is 2. The van der Waals surface area contributed by atoms with E-state index in [9.17, 15) is 4.79 Å². The molecule has 1 unspecified atom stereocenters. The minimum absolute atomic E-state index is 0.160. The van der Waals surface area contributed by atoms with Gasteiger partial charge in [0.15, 0.2) is 5.13 Å². The lowest BCUT2D eigenvalue weighted by Crippen LogP contribution is -2.42. The minimum Gasteiger partial charge on any atom is -0.382 e. The van der Waals surface area contributed by atoms with Crippen molar-refractivity contribution in [2.24, 2.45) is 5.73 Å². The maximum Gasteiger partial charge on any atom is 0.265 e. The molecule has 0 radical (unpaired) electrons. The summed E-state index contributed by atoms with van der Waals surface area (Å²) in [7, 11) is 0. The summed E-state index contributed by atoms with van der Waals surface area (Å²) in [6.07, 6.45) is 2.07. The van der Waals surface area contributed by atoms with Crippen molar-refractivity contribution in [1.29, 1.82) is 0 Å². The lowest BCUT2D eigenvalue weighted by atomic mass is 10.1. The van der Waals surface area contributed by atoms with Crippen molar-refractivity contribution in [3.8, 4) is 0 Å². The summed E-state index contributed by atoms with van der Waals surface area (Å²) in [5.41, 5.74) is 11.8. The van der Waals surface area contributed by atoms with E-state index in [2.05, 4.69) is 15.2 Å². The molecule has 1 atom stereocenters. The summed E-state index contributed by atoms with van der Waals surface area (Å²) in [4.78, 5) is 18.9. The summed E-state index contributed by atoms with van der Waals surface area (Å²) in [5.74, 6) is 0.0836. The van der Waals surface area contributed by atoms with E-state index >= 15 is 0 Å². The number of nitrogens with zero attached hydrogens (tertiary/aromatic N) is 2. The molecule has 8 heteroatoms. The molecule has 0 bridgehead atoms. The molecular weight excluding hydrogens is 290 g/mol. The molecule has 1 aliphatic rings. The van der Waals surface area contributed by atoms with Crippen molar-refractivity contribution < 1.29 is 9.53 Å². The van der Waals surface area contributed by atoms with E-state index in [-0.39, 0.29) is 17.8 Å². The van der Waals surface area contributed by atoms with Crippen molar-refractivity contribution in [2.75, 3.05) is 43.5 Å². The SMILES string of the molecule is CCOCCNC(=O)c1sc(N2CCCC(N)C2)nc1N. The number of carbonyl (C=O) groups is 1. The van der Waals surface area contributed by atoms with Crippen molar-refractivity contribution >= 4 is 28.2 Å². The van der Waals surface area contributed by atoms with Crippen LogP contribution in [-0.2, 0) is 4.74 Å². The predicted molar refractivity (Wildman–Crippen MR) is 84.8 cm³/mol. The van der Waals surface area contributed by atoms with Gasteiger partial charge in [-0.1, -0.05) is 11.3 Å². The largest absolute Gasteiger partial charge is 0.382 e. The third-order valence-electron chi connectivity index (χ3n) is 3.31. The Morgan fingerprint density at radius 3 is 3.14 bits per heavy atom. The molecule has 7 nitrogen and oxygen atoms in total. The van der Waals surface area contributed by atoms with Crippen molar-refractivity contribution in [2.45, 2.75) is 25.8 Å². The number of rotatable bonds is 6. The van der Waals surface area contributed by atoms with Crippen LogP contribution in [0.1, 0.15) is 29.4 Å². The molecule has 2 heterocycles. The van der Waals surface area contributed by atoms with Crippen LogP contribution in [-0.4, -0.2) is 49.8 Å². The summed E-state index contributed by atoms with van der Waals surface area (Å²) in [5, 5.41) is 3.56. The first-order valence-corrected chi connectivity index (χ1v) is 8.06. The first-order valence-electron chi connectivity index (χ1n) is 7.24. The summed E-state index contributed by atoms with van der Waals surface area (Å²) in [6, 6.07) is 0.160. The standard InChI is InChI=1S/C13H23N5O2S/c1-2-20-7-5-16-12(19)10-11(15)17-13(21-10)18-6-3-4-9(14)8-18/h9H,2-8,14-15H2,1H3,(H,16,19). The summed E-state index contributed by atoms with van der Waals surface area (Å²) >= 11 is 1.32. The van der Waals surface area contributed by atoms with Gasteiger partial charge in [-0.25, -0.2) is 4.98 Å². The van der Waals surface area contributed by atoms with Gasteiger partial charge in [0.1, 0.15) is 10.7 Å². The smallest absolute Gasteiger partial charge is 0.265 e. The van der Waals surface area contributed by atoms with E-state index in [1.165, 1.54) is 11.3 Å². The van der Waals surface area contributed by atoms with Crippen LogP contribution >= 0.6 is 11.3 Å². The maximum absolute atomic E-state index is 12.1. The molecule has 0 spiro atoms. The fraction of sp³-hybridized carbons (Fsp3) is 0.692. The molecular formula is C13H23N5O2S. The fourth-order valence-electron chi connectivity index (χ4n) is 2.26. The Hall–Kier alpha value is -1.38. The first-order chi connectivity index (χ1) is 10.1. The minimum atomic E-state index is -0.197. The van der Waals surface area contributed by atoms with Crippen LogP contribution in [0.15, 0.2) is 0 Å². The van der Waals surface area contributed by atoms with Gasteiger partial charge in [0.25, 0.3) is 5.91 Å². The van der Waals surface area contributed by atoms with E-state index in [0.717, 1.165) is 31.1 Å². The highest BCUT2D eigenvalue weighted by molar-refractivity contribution is 7.18. The molecule has 0 saturated carbocycles. The van der Waals surface area contributed by atoms with Gasteiger partial charge in [0.2, 0.25) is 0 Å². The number of thiazole rings is 1. The highest BCUT2D eigenvalue weighted by atomic mass is 32.1. The van der Waals surface area contributed by atoms with Gasteiger partial charge >= 0.3 is 0 Å². The molecule has 2 rings (SSSR count). The van der Waals surface area contributed by atoms with Gasteiger partial charge in [-0.15, -0.1) is 0 Å². The molecule has 0 aliphatic carbocycles. The molecule has 1 aromatic heterocycles. The molecule has 21 heavy (non-hydrogen) atoms. The number of nitrogens with one attached hydrogen (secondary N) is 1. The van der Waals surface area contributed by atoms with Crippen LogP contribution < -0.4 is 21.7 Å². The van der Waals surface area contributed by atoms with Crippen molar-refractivity contribution in [3.05, 3.63) is 4.88 Å². The maximum atomic E-state index is 12.1. The number of anilines is 2. The highest BCUT2D eigenvalue weighted by Crippen LogP contribution is 2.29. The number of carbonyl (C=O) groups excluding carboxylic acids is 1. The zero-order valence-corrected chi connectivity index (χ0v) is 13.1. The van der Waals surface area contributed by atoms with Crippen LogP contribution in [0.4, 0.5) is 10.9 Å². The summed E-state index contributed by atoms with van der Waals surface area (Å²) < 4.78 is 5.18. The van der Waals surface area contributed by atoms with Gasteiger partial charge in [0, 0.05) is 32.3 Å². The zero-order chi connectivity index (χ0) is 15.2. The third-order valence-corrected chi connectivity index (χ3v) is 4.44. The number of hydrogen-bond acceptors (Lipinski definition) is 7. The molecule has 5 N–H and O–H groups in total. The zero-order valence-electron chi connectivity index (χ0n) is 12.3. The van der Waals surface area contributed by atoms with Gasteiger partial charge < -0.3 is 26.4 Å². The lowest BCUT2D eigenvalue weighted by Gasteiger charge is -2.30. The molecule has 1 amide bonds. The number of amides is 1. The third kappa shape index (κ3) is 4.29. The molecule has 1 fully saturated rings. The molecule has 118 valence electrons. The van der Waals surface area contributed by atoms with Gasteiger partial charge in [-0.3, -0.25) is 4.79 Å². The van der Waals surface area contributed by atoms with Crippen LogP contribution in [0.5, 0.6) is 0 Å². The Morgan fingerprint density at radius 2 is 2.43 bits per heavy atom. The second-order valence-electron chi connectivity index (χ2n) is 5.01. The van der Waals surface area contributed by atoms with Crippen LogP contribution in [0.3, 0.4) is 0 Å². The fourth-order valence-corrected chi connectivity index (χ4v) is 3.20. The Balaban J connectivity index is 1.96. The lowest BCUT2D eigenvalue weighted by molar-refractivity contribution is 0.0927. The Morgan fingerprint density at radius 1 is 1.62 bits per heavy atom. The van der Waals surface area contributed by atoms with E-state index in [1.54, 1.807) is 0 Å². The number of ether oxygens (including phenoxy) is 1. The van der Waals surface area contributed by atoms with Gasteiger partial charge in [0.05, 0.1) is 6.61 Å². The van der Waals surface area contributed by atoms with Gasteiger partial charge in [-0.05, 0) is 19.8 Å². The second-order valence-corrected chi connectivity index (χ2v) is 5.99. The van der Waals surface area contributed by atoms with E-state index < -0.39 is 0 Å². The number of aromatic nitrogens is 1. The van der Waals surface area contributed by atoms with Gasteiger partial charge in [-0.2, -0.15) is 0 Å². The van der Waals surface area contributed by atoms with E-state index in [4.69, 9.17) is 16.2 Å². The summed E-state index contributed by atoms with van der Waals surface area (Å²) in [6.45, 7) is 5.18. The Labute approximate surface area is 128 Å². The van der Waals surface area contributed by atoms with Crippen molar-refractivity contribution in [3.63, 3.8) is 0 Å². The average Bonchev–Trinajstić information content (AvgIpc) is 2.85. The van der Waals surface area contributed by atoms with E-state index in [1.807, 2.05) is 6.92 Å². The number of piperidine rings is 1. The Kier molecular flexibility index (Phi) is 5.77. The first kappa shape index (κ1) is 16.0.